The molecule has 1 N–H and O–H groups in total. The normalized spacial score (nSPS) is 13.1. The van der Waals surface area contributed by atoms with Crippen LogP contribution in [0.2, 0.25) is 0 Å². The molecular formula is C14H12F3NO2. The largest absolute Gasteiger partial charge is 0.438 e. The molecule has 0 fully saturated rings. The van der Waals surface area contributed by atoms with Crippen LogP contribution in [0, 0.1) is 0 Å². The molecule has 106 valence electrons. The Kier molecular flexibility index (Phi) is 3.94. The average Bonchev–Trinajstić information content (AvgIpc) is 2.38. The maximum absolute atomic E-state index is 12.9. The van der Waals surface area contributed by atoms with Gasteiger partial charge in [-0.15, -0.1) is 0 Å². The second-order valence-corrected chi connectivity index (χ2v) is 4.17. The molecule has 1 heterocycles. The molecule has 0 amide bonds. The van der Waals surface area contributed by atoms with E-state index in [2.05, 4.69) is 4.98 Å². The molecule has 2 rings (SSSR count). The third-order valence-corrected chi connectivity index (χ3v) is 2.65. The Morgan fingerprint density at radius 2 is 1.85 bits per heavy atom. The Morgan fingerprint density at radius 3 is 2.50 bits per heavy atom. The number of aliphatic hydroxyl groups excluding tert-OH is 1. The van der Waals surface area contributed by atoms with Gasteiger partial charge in [0.2, 0.25) is 5.88 Å². The summed E-state index contributed by atoms with van der Waals surface area (Å²) in [6, 6.07) is 7.98. The second-order valence-electron chi connectivity index (χ2n) is 4.17. The van der Waals surface area contributed by atoms with E-state index in [-0.39, 0.29) is 11.6 Å². The first kappa shape index (κ1) is 14.3. The molecule has 0 aliphatic rings. The molecule has 2 aromatic rings. The zero-order chi connectivity index (χ0) is 14.8. The average molecular weight is 283 g/mol. The maximum atomic E-state index is 12.9. The van der Waals surface area contributed by atoms with Crippen LogP contribution >= 0.6 is 0 Å². The highest BCUT2D eigenvalue weighted by molar-refractivity contribution is 5.40. The summed E-state index contributed by atoms with van der Waals surface area (Å²) in [7, 11) is 0. The van der Waals surface area contributed by atoms with E-state index in [0.29, 0.717) is 5.56 Å². The van der Waals surface area contributed by atoms with Crippen LogP contribution < -0.4 is 4.74 Å². The van der Waals surface area contributed by atoms with Crippen LogP contribution in [0.15, 0.2) is 42.6 Å². The lowest BCUT2D eigenvalue weighted by Gasteiger charge is -2.15. The second kappa shape index (κ2) is 5.50. The Hall–Kier alpha value is -2.08. The third kappa shape index (κ3) is 3.08. The minimum atomic E-state index is -4.52. The first-order chi connectivity index (χ1) is 9.39. The zero-order valence-corrected chi connectivity index (χ0v) is 10.6. The highest BCUT2D eigenvalue weighted by Crippen LogP contribution is 2.38. The molecular weight excluding hydrogens is 271 g/mol. The number of aromatic nitrogens is 1. The fourth-order valence-electron chi connectivity index (χ4n) is 1.70. The smallest absolute Gasteiger partial charge is 0.419 e. The summed E-state index contributed by atoms with van der Waals surface area (Å²) in [5.74, 6) is -0.389. The van der Waals surface area contributed by atoms with Crippen LogP contribution in [0.4, 0.5) is 13.2 Å². The molecule has 0 aliphatic carbocycles. The highest BCUT2D eigenvalue weighted by atomic mass is 19.4. The van der Waals surface area contributed by atoms with Gasteiger partial charge >= 0.3 is 6.18 Å². The van der Waals surface area contributed by atoms with E-state index in [1.165, 1.54) is 31.3 Å². The number of hydrogen-bond donors (Lipinski definition) is 1. The van der Waals surface area contributed by atoms with Gasteiger partial charge in [-0.25, -0.2) is 4.98 Å². The predicted molar refractivity (Wildman–Crippen MR) is 66.4 cm³/mol. The number of aliphatic hydroxyl groups is 1. The molecule has 3 nitrogen and oxygen atoms in total. The Bertz CT molecular complexity index is 597. The van der Waals surface area contributed by atoms with Crippen molar-refractivity contribution < 1.29 is 23.0 Å². The third-order valence-electron chi connectivity index (χ3n) is 2.65. The minimum Gasteiger partial charge on any atom is -0.438 e. The number of alkyl halides is 3. The van der Waals surface area contributed by atoms with Crippen LogP contribution in [0.3, 0.4) is 0 Å². The van der Waals surface area contributed by atoms with Crippen LogP contribution in [0.5, 0.6) is 11.6 Å². The van der Waals surface area contributed by atoms with E-state index in [1.54, 1.807) is 12.1 Å². The molecule has 0 radical (unpaired) electrons. The van der Waals surface area contributed by atoms with Crippen LogP contribution in [0.1, 0.15) is 24.2 Å². The molecule has 0 saturated carbocycles. The Morgan fingerprint density at radius 1 is 1.15 bits per heavy atom. The van der Waals surface area contributed by atoms with Crippen LogP contribution in [-0.4, -0.2) is 10.1 Å². The van der Waals surface area contributed by atoms with Crippen molar-refractivity contribution in [1.29, 1.82) is 0 Å². The maximum Gasteiger partial charge on any atom is 0.419 e. The van der Waals surface area contributed by atoms with Gasteiger partial charge < -0.3 is 9.84 Å². The van der Waals surface area contributed by atoms with Gasteiger partial charge in [-0.1, -0.05) is 12.1 Å². The highest BCUT2D eigenvalue weighted by Gasteiger charge is 2.34. The summed E-state index contributed by atoms with van der Waals surface area (Å²) >= 11 is 0. The van der Waals surface area contributed by atoms with Crippen molar-refractivity contribution in [2.45, 2.75) is 19.2 Å². The van der Waals surface area contributed by atoms with E-state index in [1.807, 2.05) is 0 Å². The SMILES string of the molecule is C[C@@H](O)c1cccnc1Oc1ccccc1C(F)(F)F. The molecule has 0 aliphatic heterocycles. The summed E-state index contributed by atoms with van der Waals surface area (Å²) in [4.78, 5) is 3.87. The number of pyridine rings is 1. The van der Waals surface area contributed by atoms with Gasteiger partial charge in [0.05, 0.1) is 11.7 Å². The lowest BCUT2D eigenvalue weighted by molar-refractivity contribution is -0.138. The van der Waals surface area contributed by atoms with Gasteiger partial charge in [0, 0.05) is 11.8 Å². The number of halogens is 3. The van der Waals surface area contributed by atoms with Gasteiger partial charge in [0.1, 0.15) is 5.75 Å². The van der Waals surface area contributed by atoms with E-state index in [9.17, 15) is 18.3 Å². The molecule has 0 unspecified atom stereocenters. The number of ether oxygens (including phenoxy) is 1. The fourth-order valence-corrected chi connectivity index (χ4v) is 1.70. The van der Waals surface area contributed by atoms with E-state index in [4.69, 9.17) is 4.74 Å². The van der Waals surface area contributed by atoms with Gasteiger partial charge in [-0.05, 0) is 31.2 Å². The van der Waals surface area contributed by atoms with Crippen molar-refractivity contribution in [2.75, 3.05) is 0 Å². The van der Waals surface area contributed by atoms with Crippen molar-refractivity contribution in [3.8, 4) is 11.6 Å². The summed E-state index contributed by atoms with van der Waals surface area (Å²) in [5.41, 5.74) is -0.563. The van der Waals surface area contributed by atoms with Crippen molar-refractivity contribution in [2.24, 2.45) is 0 Å². The number of benzene rings is 1. The van der Waals surface area contributed by atoms with Crippen molar-refractivity contribution >= 4 is 0 Å². The fraction of sp³-hybridized carbons (Fsp3) is 0.214. The quantitative estimate of drug-likeness (QED) is 0.927. The van der Waals surface area contributed by atoms with E-state index < -0.39 is 17.8 Å². The van der Waals surface area contributed by atoms with Crippen molar-refractivity contribution in [1.82, 2.24) is 4.98 Å². The topological polar surface area (TPSA) is 42.4 Å². The zero-order valence-electron chi connectivity index (χ0n) is 10.6. The number of nitrogens with zero attached hydrogens (tertiary/aromatic N) is 1. The summed E-state index contributed by atoms with van der Waals surface area (Å²) in [6.45, 7) is 1.49. The van der Waals surface area contributed by atoms with Gasteiger partial charge in [-0.3, -0.25) is 0 Å². The molecule has 6 heteroatoms. The lowest BCUT2D eigenvalue weighted by atomic mass is 10.1. The molecule has 0 bridgehead atoms. The van der Waals surface area contributed by atoms with Crippen LogP contribution in [-0.2, 0) is 6.18 Å². The summed E-state index contributed by atoms with van der Waals surface area (Å²) in [6.07, 6.45) is -4.02. The predicted octanol–water partition coefficient (Wildman–Crippen LogP) is 3.95. The van der Waals surface area contributed by atoms with Gasteiger partial charge in [-0.2, -0.15) is 13.2 Å². The molecule has 0 saturated heterocycles. The summed E-state index contributed by atoms with van der Waals surface area (Å²) < 4.78 is 43.8. The Balaban J connectivity index is 2.41. The molecule has 1 aromatic heterocycles. The molecule has 1 aromatic carbocycles. The molecule has 1 atom stereocenters. The Labute approximate surface area is 113 Å². The summed E-state index contributed by atoms with van der Waals surface area (Å²) in [5, 5.41) is 9.57. The lowest BCUT2D eigenvalue weighted by Crippen LogP contribution is -2.08. The molecule has 20 heavy (non-hydrogen) atoms. The first-order valence-electron chi connectivity index (χ1n) is 5.86. The first-order valence-corrected chi connectivity index (χ1v) is 5.86. The minimum absolute atomic E-state index is 0.0424. The van der Waals surface area contributed by atoms with Gasteiger partial charge in [0.25, 0.3) is 0 Å². The standard InChI is InChI=1S/C14H12F3NO2/c1-9(19)10-5-4-8-18-13(10)20-12-7-3-2-6-11(12)14(15,16)17/h2-9,19H,1H3/t9-/m1/s1. The van der Waals surface area contributed by atoms with Crippen molar-refractivity contribution in [3.63, 3.8) is 0 Å². The van der Waals surface area contributed by atoms with Gasteiger partial charge in [0.15, 0.2) is 0 Å². The van der Waals surface area contributed by atoms with E-state index >= 15 is 0 Å². The monoisotopic (exact) mass is 283 g/mol. The van der Waals surface area contributed by atoms with Crippen molar-refractivity contribution in [3.05, 3.63) is 53.7 Å². The van der Waals surface area contributed by atoms with E-state index in [0.717, 1.165) is 6.07 Å². The number of para-hydroxylation sites is 1. The molecule has 0 spiro atoms. The number of rotatable bonds is 3. The number of hydrogen-bond acceptors (Lipinski definition) is 3. The van der Waals surface area contributed by atoms with Crippen LogP contribution in [0.25, 0.3) is 0 Å².